The Kier molecular flexibility index (Phi) is 4.30. The number of hydrazine groups is 1. The molecule has 0 atom stereocenters. The number of sulfonamides is 1. The smallest absolute Gasteiger partial charge is 0.213 e. The van der Waals surface area contributed by atoms with E-state index in [0.717, 1.165) is 12.8 Å². The van der Waals surface area contributed by atoms with E-state index in [4.69, 9.17) is 5.84 Å². The van der Waals surface area contributed by atoms with Crippen LogP contribution in [0, 0.1) is 0 Å². The van der Waals surface area contributed by atoms with Gasteiger partial charge in [-0.15, -0.1) is 0 Å². The fourth-order valence-corrected chi connectivity index (χ4v) is 1.47. The molecule has 1 aliphatic rings. The van der Waals surface area contributed by atoms with Gasteiger partial charge in [0.2, 0.25) is 16.0 Å². The Morgan fingerprint density at radius 1 is 1.53 bits per heavy atom. The van der Waals surface area contributed by atoms with Crippen molar-refractivity contribution in [2.24, 2.45) is 10.8 Å². The van der Waals surface area contributed by atoms with Gasteiger partial charge >= 0.3 is 0 Å². The van der Waals surface area contributed by atoms with E-state index in [0.29, 0.717) is 12.0 Å². The molecule has 88 valence electrons. The number of hydrogen-bond donors (Lipinski definition) is 4. The van der Waals surface area contributed by atoms with Crippen molar-refractivity contribution in [1.82, 2.24) is 15.5 Å². The summed E-state index contributed by atoms with van der Waals surface area (Å²) in [6.07, 6.45) is 2.21. The summed E-state index contributed by atoms with van der Waals surface area (Å²) in [6, 6.07) is 0.431. The van der Waals surface area contributed by atoms with Crippen LogP contribution in [-0.2, 0) is 10.0 Å². The Labute approximate surface area is 89.5 Å². The van der Waals surface area contributed by atoms with Crippen molar-refractivity contribution >= 4 is 16.0 Å². The summed E-state index contributed by atoms with van der Waals surface area (Å²) in [6.45, 7) is 0.183. The quantitative estimate of drug-likeness (QED) is 0.193. The number of guanidine groups is 1. The second-order valence-corrected chi connectivity index (χ2v) is 5.36. The highest BCUT2D eigenvalue weighted by Crippen LogP contribution is 2.18. The van der Waals surface area contributed by atoms with E-state index >= 15 is 0 Å². The van der Waals surface area contributed by atoms with Gasteiger partial charge in [-0.2, -0.15) is 0 Å². The Hall–Kier alpha value is -0.860. The third kappa shape index (κ3) is 4.96. The summed E-state index contributed by atoms with van der Waals surface area (Å²) in [5.41, 5.74) is 2.40. The number of nitrogens with one attached hydrogen (secondary N) is 3. The van der Waals surface area contributed by atoms with Crippen molar-refractivity contribution in [3.05, 3.63) is 0 Å². The molecule has 8 heteroatoms. The predicted octanol–water partition coefficient (Wildman–Crippen LogP) is -1.89. The maximum absolute atomic E-state index is 11.1. The van der Waals surface area contributed by atoms with Gasteiger partial charge < -0.3 is 5.32 Å². The number of aliphatic imine (C=N–C) groups is 1. The zero-order chi connectivity index (χ0) is 11.3. The van der Waals surface area contributed by atoms with Gasteiger partial charge in [0.25, 0.3) is 0 Å². The van der Waals surface area contributed by atoms with Crippen LogP contribution in [0.1, 0.15) is 12.8 Å². The molecular formula is C7H17N5O2S. The number of rotatable bonds is 5. The molecular weight excluding hydrogens is 218 g/mol. The zero-order valence-electron chi connectivity index (χ0n) is 8.66. The second kappa shape index (κ2) is 5.29. The van der Waals surface area contributed by atoms with Crippen LogP contribution in [0.2, 0.25) is 0 Å². The molecule has 0 aromatic carbocycles. The van der Waals surface area contributed by atoms with E-state index < -0.39 is 10.0 Å². The molecule has 1 fully saturated rings. The highest BCUT2D eigenvalue weighted by Gasteiger charge is 2.21. The first-order valence-corrected chi connectivity index (χ1v) is 6.41. The van der Waals surface area contributed by atoms with Gasteiger partial charge in [-0.25, -0.2) is 19.0 Å². The molecule has 0 heterocycles. The van der Waals surface area contributed by atoms with Crippen molar-refractivity contribution in [3.8, 4) is 0 Å². The lowest BCUT2D eigenvalue weighted by Gasteiger charge is -2.07. The summed E-state index contributed by atoms with van der Waals surface area (Å²) in [5, 5.41) is 3.04. The molecule has 1 aliphatic carbocycles. The zero-order valence-corrected chi connectivity index (χ0v) is 9.47. The minimum Gasteiger partial charge on any atom is -0.353 e. The highest BCUT2D eigenvalue weighted by atomic mass is 32.2. The van der Waals surface area contributed by atoms with Crippen LogP contribution < -0.4 is 21.3 Å². The van der Waals surface area contributed by atoms with Gasteiger partial charge in [-0.1, -0.05) is 0 Å². The minimum absolute atomic E-state index is 0.0406. The van der Waals surface area contributed by atoms with Gasteiger partial charge in [0.15, 0.2) is 0 Å². The van der Waals surface area contributed by atoms with Crippen LogP contribution in [0.3, 0.4) is 0 Å². The second-order valence-electron chi connectivity index (χ2n) is 3.32. The summed E-state index contributed by atoms with van der Waals surface area (Å²) in [5.74, 6) is 5.63. The Morgan fingerprint density at radius 3 is 2.67 bits per heavy atom. The van der Waals surface area contributed by atoms with Crippen molar-refractivity contribution in [3.63, 3.8) is 0 Å². The third-order valence-corrected chi connectivity index (χ3v) is 3.34. The fourth-order valence-electron chi connectivity index (χ4n) is 0.934. The van der Waals surface area contributed by atoms with Crippen molar-refractivity contribution in [2.75, 3.05) is 19.3 Å². The van der Waals surface area contributed by atoms with E-state index in [1.807, 2.05) is 0 Å². The van der Waals surface area contributed by atoms with Crippen molar-refractivity contribution in [2.45, 2.75) is 18.9 Å². The van der Waals surface area contributed by atoms with E-state index in [2.05, 4.69) is 20.5 Å². The summed E-state index contributed by atoms with van der Waals surface area (Å²) in [4.78, 5) is 4.01. The first-order chi connectivity index (χ1) is 7.07. The molecule has 5 N–H and O–H groups in total. The maximum Gasteiger partial charge on any atom is 0.213 e. The van der Waals surface area contributed by atoms with Gasteiger partial charge in [0.05, 0.1) is 12.3 Å². The number of hydrogen-bond acceptors (Lipinski definition) is 4. The van der Waals surface area contributed by atoms with Crippen LogP contribution in [0.25, 0.3) is 0 Å². The van der Waals surface area contributed by atoms with Crippen LogP contribution in [0.4, 0.5) is 0 Å². The molecule has 7 nitrogen and oxygen atoms in total. The Bertz CT molecular complexity index is 322. The maximum atomic E-state index is 11.1. The van der Waals surface area contributed by atoms with Gasteiger partial charge in [0, 0.05) is 6.04 Å². The van der Waals surface area contributed by atoms with Gasteiger partial charge in [0.1, 0.15) is 0 Å². The molecule has 0 aliphatic heterocycles. The molecule has 1 saturated carbocycles. The minimum atomic E-state index is -3.19. The normalized spacial score (nSPS) is 17.6. The molecule has 0 bridgehead atoms. The lowest BCUT2D eigenvalue weighted by atomic mass is 10.7. The van der Waals surface area contributed by atoms with Gasteiger partial charge in [-0.05, 0) is 19.9 Å². The van der Waals surface area contributed by atoms with Crippen molar-refractivity contribution < 1.29 is 8.42 Å². The Balaban J connectivity index is 2.33. The molecule has 0 amide bonds. The first-order valence-electron chi connectivity index (χ1n) is 4.76. The van der Waals surface area contributed by atoms with E-state index in [1.54, 1.807) is 0 Å². The molecule has 0 unspecified atom stereocenters. The molecule has 0 aromatic rings. The van der Waals surface area contributed by atoms with E-state index in [-0.39, 0.29) is 12.3 Å². The average Bonchev–Trinajstić information content (AvgIpc) is 3.00. The SMILES string of the molecule is CNS(=O)(=O)CCN=C(NN)NC1CC1. The molecule has 0 radical (unpaired) electrons. The molecule has 0 spiro atoms. The van der Waals surface area contributed by atoms with E-state index in [1.165, 1.54) is 7.05 Å². The van der Waals surface area contributed by atoms with Crippen LogP contribution in [0.5, 0.6) is 0 Å². The number of nitrogens with two attached hydrogens (primary N) is 1. The lowest BCUT2D eigenvalue weighted by molar-refractivity contribution is 0.588. The first kappa shape index (κ1) is 12.2. The largest absolute Gasteiger partial charge is 0.353 e. The molecule has 0 aromatic heterocycles. The average molecular weight is 235 g/mol. The summed E-state index contributed by atoms with van der Waals surface area (Å²) in [7, 11) is -1.81. The van der Waals surface area contributed by atoms with Crippen LogP contribution >= 0.6 is 0 Å². The molecule has 15 heavy (non-hydrogen) atoms. The standard InChI is InChI=1S/C7H17N5O2S/c1-9-15(13,14)5-4-10-7(12-8)11-6-2-3-6/h6,9H,2-5,8H2,1H3,(H2,10,11,12). The van der Waals surface area contributed by atoms with Crippen molar-refractivity contribution in [1.29, 1.82) is 0 Å². The highest BCUT2D eigenvalue weighted by molar-refractivity contribution is 7.89. The van der Waals surface area contributed by atoms with Gasteiger partial charge in [-0.3, -0.25) is 10.4 Å². The molecule has 1 rings (SSSR count). The van der Waals surface area contributed by atoms with E-state index in [9.17, 15) is 8.42 Å². The topological polar surface area (TPSA) is 109 Å². The summed E-state index contributed by atoms with van der Waals surface area (Å²) < 4.78 is 24.3. The lowest BCUT2D eigenvalue weighted by Crippen LogP contribution is -2.43. The Morgan fingerprint density at radius 2 is 2.20 bits per heavy atom. The predicted molar refractivity (Wildman–Crippen MR) is 58.6 cm³/mol. The van der Waals surface area contributed by atoms with Crippen LogP contribution in [-0.4, -0.2) is 39.8 Å². The molecule has 0 saturated heterocycles. The monoisotopic (exact) mass is 235 g/mol. The number of nitrogens with zero attached hydrogens (tertiary/aromatic N) is 1. The third-order valence-electron chi connectivity index (χ3n) is 2.00. The fraction of sp³-hybridized carbons (Fsp3) is 0.857. The summed E-state index contributed by atoms with van der Waals surface area (Å²) >= 11 is 0. The van der Waals surface area contributed by atoms with Crippen LogP contribution in [0.15, 0.2) is 4.99 Å².